The van der Waals surface area contributed by atoms with E-state index >= 15 is 0 Å². The summed E-state index contributed by atoms with van der Waals surface area (Å²) in [5, 5.41) is 6.17. The van der Waals surface area contributed by atoms with Gasteiger partial charge in [0.2, 0.25) is 5.95 Å². The van der Waals surface area contributed by atoms with Gasteiger partial charge in [0.25, 0.3) is 0 Å². The van der Waals surface area contributed by atoms with Crippen LogP contribution in [0.3, 0.4) is 0 Å². The van der Waals surface area contributed by atoms with Gasteiger partial charge in [-0.3, -0.25) is 0 Å². The number of nitrogens with one attached hydrogen (secondary N) is 2. The Bertz CT molecular complexity index is 232. The van der Waals surface area contributed by atoms with Crippen LogP contribution < -0.4 is 10.6 Å². The Hall–Kier alpha value is -1.16. The van der Waals surface area contributed by atoms with Crippen LogP contribution in [-0.4, -0.2) is 23.6 Å². The molecule has 0 aromatic carbocycles. The van der Waals surface area contributed by atoms with Gasteiger partial charge in [-0.05, 0) is 13.0 Å². The first-order chi connectivity index (χ1) is 6.36. The molecule has 4 heteroatoms. The minimum Gasteiger partial charge on any atom is -0.357 e. The smallest absolute Gasteiger partial charge is 0.222 e. The zero-order valence-corrected chi connectivity index (χ0v) is 8.17. The van der Waals surface area contributed by atoms with Crippen LogP contribution in [-0.2, 0) is 6.54 Å². The highest BCUT2D eigenvalue weighted by Crippen LogP contribution is 1.98. The lowest BCUT2D eigenvalue weighted by Crippen LogP contribution is -2.14. The normalized spacial score (nSPS) is 10.0. The van der Waals surface area contributed by atoms with E-state index in [0.717, 1.165) is 25.1 Å². The molecule has 0 spiro atoms. The van der Waals surface area contributed by atoms with Crippen molar-refractivity contribution in [3.05, 3.63) is 18.0 Å². The van der Waals surface area contributed by atoms with Gasteiger partial charge >= 0.3 is 0 Å². The Morgan fingerprint density at radius 3 is 2.54 bits per heavy atom. The van der Waals surface area contributed by atoms with Crippen molar-refractivity contribution in [1.82, 2.24) is 15.3 Å². The first kappa shape index (κ1) is 9.92. The SMILES string of the molecule is CCCNCc1cnc(NC)nc1. The lowest BCUT2D eigenvalue weighted by atomic mass is 10.3. The fourth-order valence-corrected chi connectivity index (χ4v) is 0.985. The highest BCUT2D eigenvalue weighted by atomic mass is 15.1. The third kappa shape index (κ3) is 3.38. The van der Waals surface area contributed by atoms with Crippen LogP contribution in [0.1, 0.15) is 18.9 Å². The topological polar surface area (TPSA) is 49.8 Å². The standard InChI is InChI=1S/C9H16N4/c1-3-4-11-5-8-6-12-9(10-2)13-7-8/h6-7,11H,3-5H2,1-2H3,(H,10,12,13). The van der Waals surface area contributed by atoms with Crippen LogP contribution in [0.5, 0.6) is 0 Å². The molecule has 0 saturated heterocycles. The van der Waals surface area contributed by atoms with Gasteiger partial charge in [0.15, 0.2) is 0 Å². The van der Waals surface area contributed by atoms with E-state index in [0.29, 0.717) is 5.95 Å². The van der Waals surface area contributed by atoms with Crippen molar-refractivity contribution in [2.75, 3.05) is 18.9 Å². The van der Waals surface area contributed by atoms with Gasteiger partial charge in [0.1, 0.15) is 0 Å². The third-order valence-electron chi connectivity index (χ3n) is 1.68. The summed E-state index contributed by atoms with van der Waals surface area (Å²) in [5.41, 5.74) is 1.12. The van der Waals surface area contributed by atoms with E-state index in [1.165, 1.54) is 0 Å². The van der Waals surface area contributed by atoms with Gasteiger partial charge < -0.3 is 10.6 Å². The van der Waals surface area contributed by atoms with Crippen molar-refractivity contribution in [2.45, 2.75) is 19.9 Å². The molecular formula is C9H16N4. The highest BCUT2D eigenvalue weighted by molar-refractivity contribution is 5.22. The Morgan fingerprint density at radius 1 is 1.31 bits per heavy atom. The second-order valence-corrected chi connectivity index (χ2v) is 2.84. The maximum atomic E-state index is 4.11. The molecule has 0 saturated carbocycles. The van der Waals surface area contributed by atoms with E-state index in [1.807, 2.05) is 19.4 Å². The zero-order chi connectivity index (χ0) is 9.52. The summed E-state index contributed by atoms with van der Waals surface area (Å²) in [6.45, 7) is 4.03. The highest BCUT2D eigenvalue weighted by Gasteiger charge is 1.94. The Balaban J connectivity index is 2.40. The van der Waals surface area contributed by atoms with Crippen LogP contribution in [0.25, 0.3) is 0 Å². The molecule has 0 bridgehead atoms. The van der Waals surface area contributed by atoms with Gasteiger partial charge in [-0.15, -0.1) is 0 Å². The number of hydrogen-bond donors (Lipinski definition) is 2. The lowest BCUT2D eigenvalue weighted by molar-refractivity contribution is 0.672. The summed E-state index contributed by atoms with van der Waals surface area (Å²) in [6, 6.07) is 0. The number of rotatable bonds is 5. The molecule has 1 heterocycles. The molecule has 2 N–H and O–H groups in total. The average Bonchev–Trinajstić information content (AvgIpc) is 2.19. The minimum absolute atomic E-state index is 0.666. The van der Waals surface area contributed by atoms with E-state index in [4.69, 9.17) is 0 Å². The van der Waals surface area contributed by atoms with Crippen LogP contribution in [0.15, 0.2) is 12.4 Å². The summed E-state index contributed by atoms with van der Waals surface area (Å²) < 4.78 is 0. The second-order valence-electron chi connectivity index (χ2n) is 2.84. The van der Waals surface area contributed by atoms with E-state index in [2.05, 4.69) is 27.5 Å². The average molecular weight is 180 g/mol. The van der Waals surface area contributed by atoms with E-state index in [-0.39, 0.29) is 0 Å². The van der Waals surface area contributed by atoms with Gasteiger partial charge in [-0.2, -0.15) is 0 Å². The van der Waals surface area contributed by atoms with Gasteiger partial charge in [0, 0.05) is 31.5 Å². The molecule has 4 nitrogen and oxygen atoms in total. The minimum atomic E-state index is 0.666. The summed E-state index contributed by atoms with van der Waals surface area (Å²) in [4.78, 5) is 8.23. The fraction of sp³-hybridized carbons (Fsp3) is 0.556. The van der Waals surface area contributed by atoms with Crippen molar-refractivity contribution in [2.24, 2.45) is 0 Å². The van der Waals surface area contributed by atoms with Crippen molar-refractivity contribution in [3.63, 3.8) is 0 Å². The molecule has 72 valence electrons. The monoisotopic (exact) mass is 180 g/mol. The molecular weight excluding hydrogens is 164 g/mol. The van der Waals surface area contributed by atoms with Crippen LogP contribution in [0.4, 0.5) is 5.95 Å². The van der Waals surface area contributed by atoms with Crippen molar-refractivity contribution in [3.8, 4) is 0 Å². The van der Waals surface area contributed by atoms with Gasteiger partial charge in [0.05, 0.1) is 0 Å². The Morgan fingerprint density at radius 2 is 2.00 bits per heavy atom. The predicted octanol–water partition coefficient (Wildman–Crippen LogP) is 1.02. The maximum Gasteiger partial charge on any atom is 0.222 e. The number of nitrogens with zero attached hydrogens (tertiary/aromatic N) is 2. The molecule has 0 radical (unpaired) electrons. The molecule has 13 heavy (non-hydrogen) atoms. The van der Waals surface area contributed by atoms with Crippen molar-refractivity contribution >= 4 is 5.95 Å². The first-order valence-electron chi connectivity index (χ1n) is 4.56. The molecule has 0 aliphatic heterocycles. The van der Waals surface area contributed by atoms with Gasteiger partial charge in [-0.25, -0.2) is 9.97 Å². The lowest BCUT2D eigenvalue weighted by Gasteiger charge is -2.02. The molecule has 0 fully saturated rings. The quantitative estimate of drug-likeness (QED) is 0.664. The first-order valence-corrected chi connectivity index (χ1v) is 4.56. The fourth-order valence-electron chi connectivity index (χ4n) is 0.985. The Labute approximate surface area is 78.8 Å². The van der Waals surface area contributed by atoms with E-state index in [9.17, 15) is 0 Å². The molecule has 1 aromatic heterocycles. The molecule has 0 aliphatic rings. The summed E-state index contributed by atoms with van der Waals surface area (Å²) >= 11 is 0. The second kappa shape index (κ2) is 5.48. The summed E-state index contributed by atoms with van der Waals surface area (Å²) in [5.74, 6) is 0.666. The zero-order valence-electron chi connectivity index (χ0n) is 8.17. The van der Waals surface area contributed by atoms with E-state index < -0.39 is 0 Å². The van der Waals surface area contributed by atoms with Crippen LogP contribution in [0.2, 0.25) is 0 Å². The molecule has 0 unspecified atom stereocenters. The predicted molar refractivity (Wildman–Crippen MR) is 53.6 cm³/mol. The number of aromatic nitrogens is 2. The number of anilines is 1. The molecule has 0 aliphatic carbocycles. The van der Waals surface area contributed by atoms with Crippen molar-refractivity contribution < 1.29 is 0 Å². The number of hydrogen-bond acceptors (Lipinski definition) is 4. The van der Waals surface area contributed by atoms with Crippen LogP contribution in [0, 0.1) is 0 Å². The Kier molecular flexibility index (Phi) is 4.18. The summed E-state index contributed by atoms with van der Waals surface area (Å²) in [7, 11) is 1.81. The molecule has 1 aromatic rings. The van der Waals surface area contributed by atoms with Gasteiger partial charge in [-0.1, -0.05) is 6.92 Å². The third-order valence-corrected chi connectivity index (χ3v) is 1.68. The summed E-state index contributed by atoms with van der Waals surface area (Å²) in [6.07, 6.45) is 4.82. The van der Waals surface area contributed by atoms with Crippen LogP contribution >= 0.6 is 0 Å². The van der Waals surface area contributed by atoms with E-state index in [1.54, 1.807) is 0 Å². The molecule has 0 amide bonds. The van der Waals surface area contributed by atoms with Crippen molar-refractivity contribution in [1.29, 1.82) is 0 Å². The largest absolute Gasteiger partial charge is 0.357 e. The maximum absolute atomic E-state index is 4.11. The molecule has 1 rings (SSSR count). The molecule has 0 atom stereocenters.